The zero-order chi connectivity index (χ0) is 24.2. The van der Waals surface area contributed by atoms with Gasteiger partial charge in [-0.25, -0.2) is 14.0 Å². The smallest absolute Gasteiger partial charge is 0.328 e. The van der Waals surface area contributed by atoms with Crippen LogP contribution in [-0.2, 0) is 9.59 Å². The molecular formula is C23H25ClFNO7. The van der Waals surface area contributed by atoms with Gasteiger partial charge in [-0.3, -0.25) is 0 Å². The Balaban J connectivity index is 0.000000414. The highest BCUT2D eigenvalue weighted by atomic mass is 35.5. The van der Waals surface area contributed by atoms with Crippen molar-refractivity contribution in [3.63, 3.8) is 0 Å². The molecule has 2 aromatic rings. The maximum atomic E-state index is 14.1. The number of benzene rings is 2. The molecule has 3 rings (SSSR count). The Labute approximate surface area is 195 Å². The van der Waals surface area contributed by atoms with Gasteiger partial charge < -0.3 is 29.7 Å². The molecule has 1 aliphatic heterocycles. The first-order valence-electron chi connectivity index (χ1n) is 10.1. The van der Waals surface area contributed by atoms with Gasteiger partial charge in [-0.15, -0.1) is 0 Å². The first-order valence-corrected chi connectivity index (χ1v) is 10.4. The summed E-state index contributed by atoms with van der Waals surface area (Å²) >= 11 is 6.07. The number of hydrogen-bond acceptors (Lipinski definition) is 6. The van der Waals surface area contributed by atoms with Crippen LogP contribution in [0, 0.1) is 11.7 Å². The molecule has 178 valence electrons. The van der Waals surface area contributed by atoms with Crippen molar-refractivity contribution in [2.75, 3.05) is 26.8 Å². The molecule has 0 radical (unpaired) electrons. The summed E-state index contributed by atoms with van der Waals surface area (Å²) in [5.74, 6) is -1.37. The van der Waals surface area contributed by atoms with Crippen LogP contribution >= 0.6 is 11.6 Å². The molecule has 0 unspecified atom stereocenters. The van der Waals surface area contributed by atoms with Crippen molar-refractivity contribution in [2.45, 2.75) is 12.8 Å². The third-order valence-electron chi connectivity index (χ3n) is 4.51. The van der Waals surface area contributed by atoms with Crippen molar-refractivity contribution in [1.29, 1.82) is 0 Å². The summed E-state index contributed by atoms with van der Waals surface area (Å²) < 4.78 is 31.0. The van der Waals surface area contributed by atoms with Gasteiger partial charge in [-0.2, -0.15) is 0 Å². The number of hydrogen-bond donors (Lipinski definition) is 3. The average molecular weight is 482 g/mol. The maximum absolute atomic E-state index is 14.1. The molecule has 0 aromatic heterocycles. The van der Waals surface area contributed by atoms with Crippen LogP contribution in [0.15, 0.2) is 48.6 Å². The van der Waals surface area contributed by atoms with E-state index in [-0.39, 0.29) is 5.75 Å². The van der Waals surface area contributed by atoms with Crippen molar-refractivity contribution < 1.29 is 38.4 Å². The highest BCUT2D eigenvalue weighted by molar-refractivity contribution is 6.30. The number of carbonyl (C=O) groups is 2. The molecule has 1 aliphatic rings. The number of carboxylic acids is 2. The molecule has 0 bridgehead atoms. The Morgan fingerprint density at radius 1 is 1.15 bits per heavy atom. The molecule has 1 saturated heterocycles. The number of carboxylic acid groups (broad SMARTS) is 2. The van der Waals surface area contributed by atoms with Crippen molar-refractivity contribution >= 4 is 23.5 Å². The Morgan fingerprint density at radius 2 is 1.88 bits per heavy atom. The minimum Gasteiger partial charge on any atom is -0.493 e. The Hall–Kier alpha value is -3.30. The van der Waals surface area contributed by atoms with Crippen LogP contribution in [-0.4, -0.2) is 49.0 Å². The molecule has 1 atom stereocenters. The van der Waals surface area contributed by atoms with E-state index in [0.29, 0.717) is 46.9 Å². The third-order valence-corrected chi connectivity index (χ3v) is 4.75. The summed E-state index contributed by atoms with van der Waals surface area (Å²) in [5, 5.41) is 19.5. The number of halogens is 2. The number of piperidine rings is 1. The monoisotopic (exact) mass is 481 g/mol. The summed E-state index contributed by atoms with van der Waals surface area (Å²) in [7, 11) is 1.47. The number of ether oxygens (including phenoxy) is 3. The Kier molecular flexibility index (Phi) is 10.5. The largest absolute Gasteiger partial charge is 0.493 e. The third kappa shape index (κ3) is 8.99. The Bertz CT molecular complexity index is 961. The van der Waals surface area contributed by atoms with E-state index in [1.165, 1.54) is 13.2 Å². The van der Waals surface area contributed by atoms with Crippen molar-refractivity contribution in [2.24, 2.45) is 5.92 Å². The van der Waals surface area contributed by atoms with Crippen LogP contribution in [0.5, 0.6) is 23.0 Å². The summed E-state index contributed by atoms with van der Waals surface area (Å²) in [5.41, 5.74) is 0. The zero-order valence-corrected chi connectivity index (χ0v) is 18.7. The molecule has 3 N–H and O–H groups in total. The molecule has 1 heterocycles. The van der Waals surface area contributed by atoms with Crippen LogP contribution in [0.2, 0.25) is 5.02 Å². The lowest BCUT2D eigenvalue weighted by Gasteiger charge is -2.23. The van der Waals surface area contributed by atoms with E-state index in [0.717, 1.165) is 25.9 Å². The lowest BCUT2D eigenvalue weighted by Crippen LogP contribution is -2.33. The summed E-state index contributed by atoms with van der Waals surface area (Å²) in [6.45, 7) is 2.56. The molecule has 2 aromatic carbocycles. The number of nitrogens with one attached hydrogen (secondary N) is 1. The molecule has 33 heavy (non-hydrogen) atoms. The predicted molar refractivity (Wildman–Crippen MR) is 120 cm³/mol. The summed E-state index contributed by atoms with van der Waals surface area (Å²) in [6, 6.07) is 9.59. The van der Waals surface area contributed by atoms with Crippen LogP contribution in [0.25, 0.3) is 0 Å². The van der Waals surface area contributed by atoms with Gasteiger partial charge in [0.15, 0.2) is 23.1 Å². The van der Waals surface area contributed by atoms with Gasteiger partial charge in [0.25, 0.3) is 0 Å². The fourth-order valence-electron chi connectivity index (χ4n) is 2.96. The fourth-order valence-corrected chi connectivity index (χ4v) is 3.12. The lowest BCUT2D eigenvalue weighted by atomic mass is 10.0. The van der Waals surface area contributed by atoms with Crippen molar-refractivity contribution in [3.05, 3.63) is 59.4 Å². The minimum absolute atomic E-state index is 0.0106. The highest BCUT2D eigenvalue weighted by Gasteiger charge is 2.18. The van der Waals surface area contributed by atoms with Gasteiger partial charge in [-0.1, -0.05) is 17.7 Å². The van der Waals surface area contributed by atoms with Gasteiger partial charge in [0.2, 0.25) is 5.75 Å². The number of aliphatic carboxylic acids is 2. The fraction of sp³-hybridized carbons (Fsp3) is 0.304. The topological polar surface area (TPSA) is 114 Å². The first-order chi connectivity index (χ1) is 15.8. The van der Waals surface area contributed by atoms with Crippen LogP contribution < -0.4 is 19.5 Å². The SMILES string of the molecule is COc1cccc(F)c1Oc1cc(Cl)ccc1OC[C@H]1CCCNC1.O=C(O)/C=C/C(=O)O. The van der Waals surface area contributed by atoms with Gasteiger partial charge in [-0.05, 0) is 43.7 Å². The van der Waals surface area contributed by atoms with Crippen LogP contribution in [0.1, 0.15) is 12.8 Å². The minimum atomic E-state index is -1.26. The van der Waals surface area contributed by atoms with Gasteiger partial charge in [0.1, 0.15) is 0 Å². The van der Waals surface area contributed by atoms with Crippen LogP contribution in [0.4, 0.5) is 4.39 Å². The molecular weight excluding hydrogens is 457 g/mol. The quantitative estimate of drug-likeness (QED) is 0.476. The number of para-hydroxylation sites is 1. The molecule has 0 spiro atoms. The highest BCUT2D eigenvalue weighted by Crippen LogP contribution is 2.39. The van der Waals surface area contributed by atoms with Crippen molar-refractivity contribution in [1.82, 2.24) is 5.32 Å². The first kappa shape index (κ1) is 26.0. The second-order valence-electron chi connectivity index (χ2n) is 7.00. The van der Waals surface area contributed by atoms with E-state index in [9.17, 15) is 14.0 Å². The van der Waals surface area contributed by atoms with Gasteiger partial charge >= 0.3 is 11.9 Å². The summed E-state index contributed by atoms with van der Waals surface area (Å²) in [4.78, 5) is 19.1. The zero-order valence-electron chi connectivity index (χ0n) is 17.9. The van der Waals surface area contributed by atoms with E-state index >= 15 is 0 Å². The average Bonchev–Trinajstić information content (AvgIpc) is 2.79. The second-order valence-corrected chi connectivity index (χ2v) is 7.43. The molecule has 8 nitrogen and oxygen atoms in total. The van der Waals surface area contributed by atoms with E-state index < -0.39 is 17.8 Å². The molecule has 0 saturated carbocycles. The van der Waals surface area contributed by atoms with Crippen LogP contribution in [0.3, 0.4) is 0 Å². The molecule has 10 heteroatoms. The van der Waals surface area contributed by atoms with E-state index in [2.05, 4.69) is 5.32 Å². The number of methoxy groups -OCH3 is 1. The standard InChI is InChI=1S/C19H21ClFNO3.C4H4O4/c1-23-17-6-2-5-15(21)19(17)25-18-10-14(20)7-8-16(18)24-12-13-4-3-9-22-11-13;5-3(6)1-2-4(7)8/h2,5-8,10,13,22H,3-4,9,11-12H2,1H3;1-2H,(H,5,6)(H,7,8)/b;2-1+/t13-;/m0./s1. The van der Waals surface area contributed by atoms with Crippen molar-refractivity contribution in [3.8, 4) is 23.0 Å². The van der Waals surface area contributed by atoms with Gasteiger partial charge in [0, 0.05) is 35.7 Å². The Morgan fingerprint density at radius 3 is 2.48 bits per heavy atom. The van der Waals surface area contributed by atoms with E-state index in [4.69, 9.17) is 36.0 Å². The molecule has 0 aliphatic carbocycles. The summed E-state index contributed by atoms with van der Waals surface area (Å²) in [6.07, 6.45) is 3.38. The second kappa shape index (κ2) is 13.3. The predicted octanol–water partition coefficient (Wildman–Crippen LogP) is 4.37. The van der Waals surface area contributed by atoms with Gasteiger partial charge in [0.05, 0.1) is 13.7 Å². The van der Waals surface area contributed by atoms with E-state index in [1.54, 1.807) is 30.3 Å². The normalized spacial score (nSPS) is 15.3. The molecule has 1 fully saturated rings. The lowest BCUT2D eigenvalue weighted by molar-refractivity contribution is -0.134. The maximum Gasteiger partial charge on any atom is 0.328 e. The van der Waals surface area contributed by atoms with E-state index in [1.807, 2.05) is 0 Å². The molecule has 0 amide bonds. The number of rotatable bonds is 8.